The smallest absolute Gasteiger partial charge is 0.340 e. The van der Waals surface area contributed by atoms with Crippen LogP contribution in [-0.2, 0) is 16.8 Å². The Morgan fingerprint density at radius 3 is 2.76 bits per heavy atom. The summed E-state index contributed by atoms with van der Waals surface area (Å²) in [5, 5.41) is 4.18. The van der Waals surface area contributed by atoms with Crippen molar-refractivity contribution in [3.8, 4) is 0 Å². The summed E-state index contributed by atoms with van der Waals surface area (Å²) >= 11 is 9.24. The Morgan fingerprint density at radius 2 is 2.14 bits per heavy atom. The van der Waals surface area contributed by atoms with Crippen LogP contribution in [-0.4, -0.2) is 16.1 Å². The molecule has 21 heavy (non-hydrogen) atoms. The lowest BCUT2D eigenvalue weighted by Gasteiger charge is -2.10. The number of benzene rings is 1. The van der Waals surface area contributed by atoms with Crippen LogP contribution in [0, 0.1) is 0 Å². The van der Waals surface area contributed by atoms with Crippen LogP contribution in [0.25, 0.3) is 0 Å². The molecule has 0 bridgehead atoms. The summed E-state index contributed by atoms with van der Waals surface area (Å²) in [5.41, 5.74) is 0.0564. The fourth-order valence-electron chi connectivity index (χ4n) is 1.48. The van der Waals surface area contributed by atoms with Gasteiger partial charge in [0, 0.05) is 9.89 Å². The number of nitrogens with zero attached hydrogens (tertiary/aromatic N) is 2. The number of rotatable bonds is 3. The molecule has 112 valence electrons. The summed E-state index contributed by atoms with van der Waals surface area (Å²) in [6.07, 6.45) is 0. The van der Waals surface area contributed by atoms with Gasteiger partial charge in [-0.1, -0.05) is 53.5 Å². The Hall–Kier alpha value is -1.40. The lowest BCUT2D eigenvalue weighted by Crippen LogP contribution is -2.13. The molecule has 5 nitrogen and oxygen atoms in total. The van der Waals surface area contributed by atoms with Crippen molar-refractivity contribution in [2.45, 2.75) is 32.8 Å². The largest absolute Gasteiger partial charge is 0.452 e. The van der Waals surface area contributed by atoms with Gasteiger partial charge >= 0.3 is 5.97 Å². The van der Waals surface area contributed by atoms with Gasteiger partial charge in [0.05, 0.1) is 10.6 Å². The Labute approximate surface area is 135 Å². The van der Waals surface area contributed by atoms with Crippen LogP contribution in [0.1, 0.15) is 42.8 Å². The highest BCUT2D eigenvalue weighted by Gasteiger charge is 2.21. The van der Waals surface area contributed by atoms with E-state index in [0.29, 0.717) is 10.8 Å². The van der Waals surface area contributed by atoms with E-state index in [1.54, 1.807) is 18.2 Å². The highest BCUT2D eigenvalue weighted by molar-refractivity contribution is 9.10. The number of hydrogen-bond acceptors (Lipinski definition) is 5. The number of hydrogen-bond donors (Lipinski definition) is 0. The second kappa shape index (κ2) is 6.15. The Bertz CT molecular complexity index is 664. The molecule has 0 saturated heterocycles. The average Bonchev–Trinajstić information content (AvgIpc) is 2.87. The molecule has 0 saturated carbocycles. The van der Waals surface area contributed by atoms with Gasteiger partial charge in [0.1, 0.15) is 0 Å². The fourth-order valence-corrected chi connectivity index (χ4v) is 2.03. The quantitative estimate of drug-likeness (QED) is 0.757. The maximum atomic E-state index is 12.0. The third kappa shape index (κ3) is 4.04. The Balaban J connectivity index is 2.04. The molecule has 1 heterocycles. The lowest BCUT2D eigenvalue weighted by molar-refractivity contribution is 0.0430. The van der Waals surface area contributed by atoms with Crippen LogP contribution >= 0.6 is 27.5 Å². The molecule has 2 aromatic rings. The van der Waals surface area contributed by atoms with E-state index in [2.05, 4.69) is 26.1 Å². The van der Waals surface area contributed by atoms with Crippen molar-refractivity contribution < 1.29 is 14.1 Å². The second-order valence-corrected chi connectivity index (χ2v) is 6.78. The van der Waals surface area contributed by atoms with Crippen LogP contribution in [0.5, 0.6) is 0 Å². The van der Waals surface area contributed by atoms with E-state index in [1.165, 1.54) is 0 Å². The van der Waals surface area contributed by atoms with Gasteiger partial charge in [0.15, 0.2) is 12.4 Å². The zero-order chi connectivity index (χ0) is 15.6. The summed E-state index contributed by atoms with van der Waals surface area (Å²) in [7, 11) is 0. The Morgan fingerprint density at radius 1 is 1.43 bits per heavy atom. The summed E-state index contributed by atoms with van der Waals surface area (Å²) < 4.78 is 10.9. The number of aromatic nitrogens is 2. The number of carbonyl (C=O) groups excluding carboxylic acids is 1. The first-order chi connectivity index (χ1) is 9.77. The van der Waals surface area contributed by atoms with Crippen LogP contribution in [0.3, 0.4) is 0 Å². The SMILES string of the molecule is CC(C)(C)c1noc(COC(=O)c2cc(Br)ccc2Cl)n1. The molecule has 7 heteroatoms. The molecular weight excluding hydrogens is 360 g/mol. The first-order valence-electron chi connectivity index (χ1n) is 6.22. The van der Waals surface area contributed by atoms with Crippen LogP contribution in [0.4, 0.5) is 0 Å². The minimum atomic E-state index is -0.545. The van der Waals surface area contributed by atoms with Crippen LogP contribution in [0.15, 0.2) is 27.2 Å². The van der Waals surface area contributed by atoms with Crippen molar-refractivity contribution in [1.82, 2.24) is 10.1 Å². The molecule has 0 amide bonds. The summed E-state index contributed by atoms with van der Waals surface area (Å²) in [5.74, 6) is 0.269. The minimum absolute atomic E-state index is 0.0925. The van der Waals surface area contributed by atoms with Crippen molar-refractivity contribution in [2.75, 3.05) is 0 Å². The van der Waals surface area contributed by atoms with Gasteiger partial charge in [-0.05, 0) is 18.2 Å². The van der Waals surface area contributed by atoms with E-state index >= 15 is 0 Å². The fraction of sp³-hybridized carbons (Fsp3) is 0.357. The number of esters is 1. The molecule has 0 unspecified atom stereocenters. The van der Waals surface area contributed by atoms with Gasteiger partial charge in [0.2, 0.25) is 0 Å². The highest BCUT2D eigenvalue weighted by atomic mass is 79.9. The number of halogens is 2. The van der Waals surface area contributed by atoms with E-state index < -0.39 is 5.97 Å². The lowest BCUT2D eigenvalue weighted by atomic mass is 9.96. The molecule has 1 aromatic heterocycles. The molecule has 0 spiro atoms. The van der Waals surface area contributed by atoms with Crippen LogP contribution < -0.4 is 0 Å². The topological polar surface area (TPSA) is 65.2 Å². The minimum Gasteiger partial charge on any atom is -0.452 e. The summed E-state index contributed by atoms with van der Waals surface area (Å²) in [6.45, 7) is 5.81. The molecule has 0 aliphatic heterocycles. The molecule has 0 radical (unpaired) electrons. The third-order valence-electron chi connectivity index (χ3n) is 2.61. The van der Waals surface area contributed by atoms with Gasteiger partial charge in [-0.25, -0.2) is 4.79 Å². The second-order valence-electron chi connectivity index (χ2n) is 5.46. The van der Waals surface area contributed by atoms with Crippen molar-refractivity contribution in [1.29, 1.82) is 0 Å². The van der Waals surface area contributed by atoms with Crippen molar-refractivity contribution >= 4 is 33.5 Å². The maximum Gasteiger partial charge on any atom is 0.340 e. The summed E-state index contributed by atoms with van der Waals surface area (Å²) in [6, 6.07) is 4.96. The van der Waals surface area contributed by atoms with Crippen molar-refractivity contribution in [3.05, 3.63) is 45.0 Å². The van der Waals surface area contributed by atoms with Gasteiger partial charge in [-0.15, -0.1) is 0 Å². The molecular formula is C14H14BrClN2O3. The Kier molecular flexibility index (Phi) is 4.68. The van der Waals surface area contributed by atoms with E-state index in [4.69, 9.17) is 20.9 Å². The van der Waals surface area contributed by atoms with E-state index in [9.17, 15) is 4.79 Å². The number of carbonyl (C=O) groups is 1. The molecule has 0 aliphatic rings. The predicted octanol–water partition coefficient (Wildman–Crippen LogP) is 4.14. The standard InChI is InChI=1S/C14H14BrClN2O3/c1-14(2,3)13-17-11(21-18-13)7-20-12(19)9-6-8(15)4-5-10(9)16/h4-6H,7H2,1-3H3. The first kappa shape index (κ1) is 16.0. The third-order valence-corrected chi connectivity index (χ3v) is 3.44. The highest BCUT2D eigenvalue weighted by Crippen LogP contribution is 2.22. The molecule has 0 aliphatic carbocycles. The van der Waals surface area contributed by atoms with Gasteiger partial charge in [0.25, 0.3) is 5.89 Å². The molecule has 0 N–H and O–H groups in total. The average molecular weight is 374 g/mol. The zero-order valence-corrected chi connectivity index (χ0v) is 14.2. The van der Waals surface area contributed by atoms with Gasteiger partial charge < -0.3 is 9.26 Å². The molecule has 0 fully saturated rings. The van der Waals surface area contributed by atoms with Gasteiger partial charge in [-0.2, -0.15) is 4.98 Å². The molecule has 2 rings (SSSR count). The number of ether oxygens (including phenoxy) is 1. The monoisotopic (exact) mass is 372 g/mol. The van der Waals surface area contributed by atoms with Crippen molar-refractivity contribution in [2.24, 2.45) is 0 Å². The molecule has 1 aromatic carbocycles. The van der Waals surface area contributed by atoms with Crippen molar-refractivity contribution in [3.63, 3.8) is 0 Å². The predicted molar refractivity (Wildman–Crippen MR) is 81.3 cm³/mol. The van der Waals surface area contributed by atoms with E-state index in [0.717, 1.165) is 4.47 Å². The van der Waals surface area contributed by atoms with E-state index in [1.807, 2.05) is 20.8 Å². The van der Waals surface area contributed by atoms with Crippen LogP contribution in [0.2, 0.25) is 5.02 Å². The van der Waals surface area contributed by atoms with E-state index in [-0.39, 0.29) is 23.5 Å². The normalized spacial score (nSPS) is 11.5. The first-order valence-corrected chi connectivity index (χ1v) is 7.39. The van der Waals surface area contributed by atoms with Gasteiger partial charge in [-0.3, -0.25) is 0 Å². The summed E-state index contributed by atoms with van der Waals surface area (Å²) in [4.78, 5) is 16.2. The maximum absolute atomic E-state index is 12.0. The molecule has 0 atom stereocenters. The zero-order valence-electron chi connectivity index (χ0n) is 11.8.